The number of amides is 1. The molecular formula is C13H21NO3. The highest BCUT2D eigenvalue weighted by molar-refractivity contribution is 5.81. The number of rotatable bonds is 5. The molecule has 2 aliphatic carbocycles. The fourth-order valence-corrected chi connectivity index (χ4v) is 2.86. The number of carbonyl (C=O) groups excluding carboxylic acids is 1. The molecule has 0 aromatic carbocycles. The number of carboxylic acid groups (broad SMARTS) is 1. The Morgan fingerprint density at radius 2 is 1.94 bits per heavy atom. The quantitative estimate of drug-likeness (QED) is 0.768. The Balaban J connectivity index is 1.73. The van der Waals surface area contributed by atoms with Crippen molar-refractivity contribution in [2.24, 2.45) is 17.8 Å². The average molecular weight is 239 g/mol. The van der Waals surface area contributed by atoms with Gasteiger partial charge in [-0.25, -0.2) is 0 Å². The lowest BCUT2D eigenvalue weighted by molar-refractivity contribution is -0.141. The molecular weight excluding hydrogens is 218 g/mol. The standard InChI is InChI=1S/C13H21NO3/c1-2-3-8-7-11(8)14-12(15)9-4-5-10(6-9)13(16)17/h8-11H,2-7H2,1H3,(H,14,15)(H,16,17). The van der Waals surface area contributed by atoms with Crippen LogP contribution >= 0.6 is 0 Å². The van der Waals surface area contributed by atoms with Gasteiger partial charge in [0.15, 0.2) is 0 Å². The van der Waals surface area contributed by atoms with Crippen LogP contribution in [0.5, 0.6) is 0 Å². The van der Waals surface area contributed by atoms with E-state index in [1.807, 2.05) is 0 Å². The number of hydrogen-bond acceptors (Lipinski definition) is 2. The summed E-state index contributed by atoms with van der Waals surface area (Å²) in [5.41, 5.74) is 0. The molecule has 0 spiro atoms. The first-order valence-electron chi connectivity index (χ1n) is 6.65. The fraction of sp³-hybridized carbons (Fsp3) is 0.846. The molecule has 1 amide bonds. The fourth-order valence-electron chi connectivity index (χ4n) is 2.86. The summed E-state index contributed by atoms with van der Waals surface area (Å²) < 4.78 is 0. The number of hydrogen-bond donors (Lipinski definition) is 2. The molecule has 2 rings (SSSR count). The van der Waals surface area contributed by atoms with Crippen LogP contribution in [-0.4, -0.2) is 23.0 Å². The molecule has 4 nitrogen and oxygen atoms in total. The molecule has 96 valence electrons. The minimum Gasteiger partial charge on any atom is -0.481 e. The van der Waals surface area contributed by atoms with Crippen molar-refractivity contribution >= 4 is 11.9 Å². The highest BCUT2D eigenvalue weighted by Gasteiger charge is 2.40. The van der Waals surface area contributed by atoms with Crippen LogP contribution in [0.15, 0.2) is 0 Å². The van der Waals surface area contributed by atoms with Gasteiger partial charge in [0, 0.05) is 12.0 Å². The van der Waals surface area contributed by atoms with Crippen LogP contribution in [0, 0.1) is 17.8 Å². The number of aliphatic carboxylic acids is 1. The van der Waals surface area contributed by atoms with Gasteiger partial charge in [0.1, 0.15) is 0 Å². The maximum Gasteiger partial charge on any atom is 0.306 e. The second-order valence-corrected chi connectivity index (χ2v) is 5.44. The normalized spacial score (nSPS) is 35.6. The number of carboxylic acids is 1. The molecule has 4 unspecified atom stereocenters. The van der Waals surface area contributed by atoms with Crippen LogP contribution in [0.2, 0.25) is 0 Å². The van der Waals surface area contributed by atoms with Gasteiger partial charge in [0.05, 0.1) is 5.92 Å². The zero-order valence-corrected chi connectivity index (χ0v) is 10.3. The van der Waals surface area contributed by atoms with Gasteiger partial charge in [-0.1, -0.05) is 13.3 Å². The monoisotopic (exact) mass is 239 g/mol. The van der Waals surface area contributed by atoms with Crippen LogP contribution in [0.25, 0.3) is 0 Å². The van der Waals surface area contributed by atoms with Crippen molar-refractivity contribution in [3.8, 4) is 0 Å². The predicted molar refractivity (Wildman–Crippen MR) is 63.4 cm³/mol. The molecule has 0 aliphatic heterocycles. The smallest absolute Gasteiger partial charge is 0.306 e. The lowest BCUT2D eigenvalue weighted by Gasteiger charge is -2.10. The lowest BCUT2D eigenvalue weighted by Crippen LogP contribution is -2.32. The van der Waals surface area contributed by atoms with E-state index in [-0.39, 0.29) is 17.7 Å². The highest BCUT2D eigenvalue weighted by Crippen LogP contribution is 2.36. The minimum absolute atomic E-state index is 0.0704. The van der Waals surface area contributed by atoms with Crippen molar-refractivity contribution in [1.82, 2.24) is 5.32 Å². The summed E-state index contributed by atoms with van der Waals surface area (Å²) >= 11 is 0. The third kappa shape index (κ3) is 2.99. The van der Waals surface area contributed by atoms with E-state index in [1.54, 1.807) is 0 Å². The molecule has 2 N–H and O–H groups in total. The van der Waals surface area contributed by atoms with E-state index < -0.39 is 5.97 Å². The van der Waals surface area contributed by atoms with Crippen molar-refractivity contribution in [3.63, 3.8) is 0 Å². The summed E-state index contributed by atoms with van der Waals surface area (Å²) in [6.07, 6.45) is 5.36. The number of nitrogens with one attached hydrogen (secondary N) is 1. The third-order valence-electron chi connectivity index (χ3n) is 4.06. The Morgan fingerprint density at radius 3 is 2.53 bits per heavy atom. The van der Waals surface area contributed by atoms with Gasteiger partial charge in [-0.2, -0.15) is 0 Å². The van der Waals surface area contributed by atoms with Crippen molar-refractivity contribution in [3.05, 3.63) is 0 Å². The molecule has 2 aliphatic rings. The first kappa shape index (κ1) is 12.4. The van der Waals surface area contributed by atoms with E-state index in [9.17, 15) is 9.59 Å². The van der Waals surface area contributed by atoms with Crippen molar-refractivity contribution < 1.29 is 14.7 Å². The second kappa shape index (κ2) is 5.07. The van der Waals surface area contributed by atoms with Crippen molar-refractivity contribution in [1.29, 1.82) is 0 Å². The van der Waals surface area contributed by atoms with Gasteiger partial charge in [-0.3, -0.25) is 9.59 Å². The van der Waals surface area contributed by atoms with Crippen molar-refractivity contribution in [2.75, 3.05) is 0 Å². The molecule has 0 heterocycles. The Hall–Kier alpha value is -1.06. The maximum absolute atomic E-state index is 11.9. The first-order chi connectivity index (χ1) is 8.11. The summed E-state index contributed by atoms with van der Waals surface area (Å²) in [5, 5.41) is 11.9. The molecule has 17 heavy (non-hydrogen) atoms. The van der Waals surface area contributed by atoms with Gasteiger partial charge in [-0.15, -0.1) is 0 Å². The van der Waals surface area contributed by atoms with Gasteiger partial charge < -0.3 is 10.4 Å². The maximum atomic E-state index is 11.9. The first-order valence-corrected chi connectivity index (χ1v) is 6.65. The van der Waals surface area contributed by atoms with E-state index in [0.717, 1.165) is 12.8 Å². The summed E-state index contributed by atoms with van der Waals surface area (Å²) in [4.78, 5) is 22.7. The largest absolute Gasteiger partial charge is 0.481 e. The molecule has 4 heteroatoms. The van der Waals surface area contributed by atoms with Gasteiger partial charge >= 0.3 is 5.97 Å². The van der Waals surface area contributed by atoms with Crippen LogP contribution < -0.4 is 5.32 Å². The summed E-state index contributed by atoms with van der Waals surface area (Å²) in [6, 6.07) is 0.367. The predicted octanol–water partition coefficient (Wildman–Crippen LogP) is 1.79. The van der Waals surface area contributed by atoms with Crippen LogP contribution in [-0.2, 0) is 9.59 Å². The Bertz CT molecular complexity index is 316. The molecule has 0 bridgehead atoms. The molecule has 0 aromatic heterocycles. The third-order valence-corrected chi connectivity index (χ3v) is 4.06. The van der Waals surface area contributed by atoms with Gasteiger partial charge in [-0.05, 0) is 38.0 Å². The zero-order valence-electron chi connectivity index (χ0n) is 10.3. The molecule has 2 fully saturated rings. The highest BCUT2D eigenvalue weighted by atomic mass is 16.4. The summed E-state index contributed by atoms with van der Waals surface area (Å²) in [7, 11) is 0. The van der Waals surface area contributed by atoms with E-state index in [2.05, 4.69) is 12.2 Å². The second-order valence-electron chi connectivity index (χ2n) is 5.44. The Kier molecular flexibility index (Phi) is 3.69. The van der Waals surface area contributed by atoms with Crippen LogP contribution in [0.3, 0.4) is 0 Å². The topological polar surface area (TPSA) is 66.4 Å². The van der Waals surface area contributed by atoms with Crippen LogP contribution in [0.1, 0.15) is 45.4 Å². The summed E-state index contributed by atoms with van der Waals surface area (Å²) in [6.45, 7) is 2.16. The molecule has 0 aromatic rings. The van der Waals surface area contributed by atoms with E-state index >= 15 is 0 Å². The SMILES string of the molecule is CCCC1CC1NC(=O)C1CCC(C(=O)O)C1. The number of carbonyl (C=O) groups is 2. The van der Waals surface area contributed by atoms with Crippen LogP contribution in [0.4, 0.5) is 0 Å². The van der Waals surface area contributed by atoms with E-state index in [0.29, 0.717) is 24.8 Å². The Labute approximate surface area is 102 Å². The minimum atomic E-state index is -0.754. The average Bonchev–Trinajstić information content (AvgIpc) is 2.83. The van der Waals surface area contributed by atoms with E-state index in [1.165, 1.54) is 12.8 Å². The zero-order chi connectivity index (χ0) is 12.4. The van der Waals surface area contributed by atoms with Crippen molar-refractivity contribution in [2.45, 2.75) is 51.5 Å². The van der Waals surface area contributed by atoms with Gasteiger partial charge in [0.25, 0.3) is 0 Å². The molecule has 0 saturated heterocycles. The van der Waals surface area contributed by atoms with E-state index in [4.69, 9.17) is 5.11 Å². The Morgan fingerprint density at radius 1 is 1.24 bits per heavy atom. The molecule has 4 atom stereocenters. The molecule has 2 saturated carbocycles. The molecule has 0 radical (unpaired) electrons. The van der Waals surface area contributed by atoms with Gasteiger partial charge in [0.2, 0.25) is 5.91 Å². The lowest BCUT2D eigenvalue weighted by atomic mass is 10.0. The summed E-state index contributed by atoms with van der Waals surface area (Å²) in [5.74, 6) is -0.385.